The van der Waals surface area contributed by atoms with Gasteiger partial charge in [-0.25, -0.2) is 0 Å². The van der Waals surface area contributed by atoms with Crippen molar-refractivity contribution in [2.24, 2.45) is 0 Å². The summed E-state index contributed by atoms with van der Waals surface area (Å²) in [6.45, 7) is 2.26. The molecule has 19 heavy (non-hydrogen) atoms. The lowest BCUT2D eigenvalue weighted by Crippen LogP contribution is -2.24. The Morgan fingerprint density at radius 1 is 1.00 bits per heavy atom. The minimum atomic E-state index is 0.761. The first-order chi connectivity index (χ1) is 9.43. The van der Waals surface area contributed by atoms with Gasteiger partial charge >= 0.3 is 0 Å². The number of tetrazole rings is 1. The van der Waals surface area contributed by atoms with Crippen molar-refractivity contribution in [3.63, 3.8) is 0 Å². The molecule has 0 bridgehead atoms. The summed E-state index contributed by atoms with van der Waals surface area (Å²) in [4.78, 5) is 2.33. The summed E-state index contributed by atoms with van der Waals surface area (Å²) >= 11 is 0. The molecule has 5 nitrogen and oxygen atoms in total. The van der Waals surface area contributed by atoms with Crippen LogP contribution < -0.4 is 0 Å². The van der Waals surface area contributed by atoms with E-state index in [1.54, 1.807) is 4.68 Å². The predicted molar refractivity (Wildman–Crippen MR) is 73.6 cm³/mol. The van der Waals surface area contributed by atoms with E-state index in [0.29, 0.717) is 0 Å². The SMILES string of the molecule is C(=C\N1CCCCC1)/c1nnnn1-c1ccccc1. The van der Waals surface area contributed by atoms with Gasteiger partial charge in [-0.2, -0.15) is 4.68 Å². The summed E-state index contributed by atoms with van der Waals surface area (Å²) in [6.07, 6.45) is 7.97. The van der Waals surface area contributed by atoms with Crippen LogP contribution in [0.15, 0.2) is 36.5 Å². The molecular formula is C14H17N5. The zero-order valence-electron chi connectivity index (χ0n) is 10.8. The molecule has 98 valence electrons. The van der Waals surface area contributed by atoms with E-state index in [-0.39, 0.29) is 0 Å². The van der Waals surface area contributed by atoms with Crippen molar-refractivity contribution in [3.8, 4) is 5.69 Å². The van der Waals surface area contributed by atoms with Crippen LogP contribution in [0.5, 0.6) is 0 Å². The number of hydrogen-bond donors (Lipinski definition) is 0. The van der Waals surface area contributed by atoms with Gasteiger partial charge in [-0.05, 0) is 41.8 Å². The Labute approximate surface area is 112 Å². The average Bonchev–Trinajstić information content (AvgIpc) is 2.95. The molecule has 1 saturated heterocycles. The van der Waals surface area contributed by atoms with Crippen LogP contribution in [0.2, 0.25) is 0 Å². The van der Waals surface area contributed by atoms with E-state index >= 15 is 0 Å². The van der Waals surface area contributed by atoms with Crippen molar-refractivity contribution in [1.29, 1.82) is 0 Å². The van der Waals surface area contributed by atoms with E-state index in [1.807, 2.05) is 36.4 Å². The number of hydrogen-bond acceptors (Lipinski definition) is 4. The Kier molecular flexibility index (Phi) is 3.54. The fraction of sp³-hybridized carbons (Fsp3) is 0.357. The van der Waals surface area contributed by atoms with Gasteiger partial charge in [0.15, 0.2) is 5.82 Å². The van der Waals surface area contributed by atoms with E-state index in [4.69, 9.17) is 0 Å². The Morgan fingerprint density at radius 3 is 2.58 bits per heavy atom. The summed E-state index contributed by atoms with van der Waals surface area (Å²) in [7, 11) is 0. The standard InChI is InChI=1S/C14H17N5/c1-3-7-13(8-4-1)19-14(15-16-17-19)9-12-18-10-5-2-6-11-18/h1,3-4,7-9,12H,2,5-6,10-11H2/b12-9+. The highest BCUT2D eigenvalue weighted by Gasteiger charge is 2.07. The second-order valence-electron chi connectivity index (χ2n) is 4.70. The van der Waals surface area contributed by atoms with Crippen LogP contribution in [-0.2, 0) is 0 Å². The minimum absolute atomic E-state index is 0.761. The van der Waals surface area contributed by atoms with Crippen molar-refractivity contribution in [1.82, 2.24) is 25.1 Å². The molecule has 0 unspecified atom stereocenters. The Hall–Kier alpha value is -2.17. The molecule has 0 spiro atoms. The normalized spacial score (nSPS) is 16.1. The van der Waals surface area contributed by atoms with E-state index in [1.165, 1.54) is 19.3 Å². The molecule has 0 aliphatic carbocycles. The minimum Gasteiger partial charge on any atom is -0.377 e. The smallest absolute Gasteiger partial charge is 0.181 e. The van der Waals surface area contributed by atoms with Gasteiger partial charge in [0.25, 0.3) is 0 Å². The van der Waals surface area contributed by atoms with Crippen molar-refractivity contribution >= 4 is 6.08 Å². The van der Waals surface area contributed by atoms with Gasteiger partial charge in [0.2, 0.25) is 0 Å². The number of benzene rings is 1. The zero-order valence-corrected chi connectivity index (χ0v) is 10.8. The van der Waals surface area contributed by atoms with Gasteiger partial charge in [0, 0.05) is 25.4 Å². The molecule has 1 aromatic carbocycles. The fourth-order valence-corrected chi connectivity index (χ4v) is 2.29. The second-order valence-corrected chi connectivity index (χ2v) is 4.70. The summed E-state index contributed by atoms with van der Waals surface area (Å²) in [5.74, 6) is 0.761. The monoisotopic (exact) mass is 255 g/mol. The first-order valence-corrected chi connectivity index (χ1v) is 6.69. The van der Waals surface area contributed by atoms with Crippen LogP contribution >= 0.6 is 0 Å². The topological polar surface area (TPSA) is 46.8 Å². The van der Waals surface area contributed by atoms with E-state index < -0.39 is 0 Å². The van der Waals surface area contributed by atoms with Crippen LogP contribution in [0.4, 0.5) is 0 Å². The number of nitrogens with zero attached hydrogens (tertiary/aromatic N) is 5. The molecule has 3 rings (SSSR count). The van der Waals surface area contributed by atoms with Crippen molar-refractivity contribution in [3.05, 3.63) is 42.4 Å². The first-order valence-electron chi connectivity index (χ1n) is 6.69. The molecule has 5 heteroatoms. The third-order valence-corrected chi connectivity index (χ3v) is 3.32. The van der Waals surface area contributed by atoms with Gasteiger partial charge in [0.05, 0.1) is 5.69 Å². The highest BCUT2D eigenvalue weighted by Crippen LogP contribution is 2.11. The van der Waals surface area contributed by atoms with Crippen LogP contribution in [0.25, 0.3) is 11.8 Å². The molecule has 1 aliphatic heterocycles. The van der Waals surface area contributed by atoms with Gasteiger partial charge < -0.3 is 4.90 Å². The van der Waals surface area contributed by atoms with Crippen LogP contribution in [0, 0.1) is 0 Å². The molecular weight excluding hydrogens is 238 g/mol. The number of rotatable bonds is 3. The number of likely N-dealkylation sites (tertiary alicyclic amines) is 1. The number of aromatic nitrogens is 4. The first kappa shape index (κ1) is 11.9. The van der Waals surface area contributed by atoms with Gasteiger partial charge in [-0.1, -0.05) is 18.2 Å². The van der Waals surface area contributed by atoms with Gasteiger partial charge in [-0.15, -0.1) is 5.10 Å². The highest BCUT2D eigenvalue weighted by molar-refractivity contribution is 5.43. The molecule has 0 radical (unpaired) electrons. The van der Waals surface area contributed by atoms with Gasteiger partial charge in [0.1, 0.15) is 0 Å². The quantitative estimate of drug-likeness (QED) is 0.843. The molecule has 0 saturated carbocycles. The Morgan fingerprint density at radius 2 is 1.79 bits per heavy atom. The van der Waals surface area contributed by atoms with Crippen LogP contribution in [0.1, 0.15) is 25.1 Å². The highest BCUT2D eigenvalue weighted by atomic mass is 15.5. The van der Waals surface area contributed by atoms with Crippen LogP contribution in [-0.4, -0.2) is 38.2 Å². The Balaban J connectivity index is 1.78. The lowest BCUT2D eigenvalue weighted by atomic mass is 10.1. The summed E-state index contributed by atoms with van der Waals surface area (Å²) < 4.78 is 1.75. The molecule has 0 N–H and O–H groups in total. The molecule has 1 fully saturated rings. The summed E-state index contributed by atoms with van der Waals surface area (Å²) in [5.41, 5.74) is 0.978. The summed E-state index contributed by atoms with van der Waals surface area (Å²) in [5, 5.41) is 11.9. The molecule has 2 aromatic rings. The second kappa shape index (κ2) is 5.65. The predicted octanol–water partition coefficient (Wildman–Crippen LogP) is 2.12. The van der Waals surface area contributed by atoms with Gasteiger partial charge in [-0.3, -0.25) is 0 Å². The zero-order chi connectivity index (χ0) is 12.9. The third kappa shape index (κ3) is 2.81. The molecule has 1 aliphatic rings. The maximum absolute atomic E-state index is 4.07. The average molecular weight is 255 g/mol. The summed E-state index contributed by atoms with van der Waals surface area (Å²) in [6, 6.07) is 9.94. The van der Waals surface area contributed by atoms with Crippen molar-refractivity contribution < 1.29 is 0 Å². The molecule has 0 amide bonds. The Bertz CT molecular complexity index is 540. The number of para-hydroxylation sites is 1. The molecule has 2 heterocycles. The van der Waals surface area contributed by atoms with Crippen molar-refractivity contribution in [2.45, 2.75) is 19.3 Å². The molecule has 1 aromatic heterocycles. The largest absolute Gasteiger partial charge is 0.377 e. The lowest BCUT2D eigenvalue weighted by Gasteiger charge is -2.24. The number of piperidine rings is 1. The fourth-order valence-electron chi connectivity index (χ4n) is 2.29. The third-order valence-electron chi connectivity index (χ3n) is 3.32. The van der Waals surface area contributed by atoms with E-state index in [2.05, 4.69) is 26.6 Å². The van der Waals surface area contributed by atoms with Crippen LogP contribution in [0.3, 0.4) is 0 Å². The maximum atomic E-state index is 4.07. The molecule has 0 atom stereocenters. The van der Waals surface area contributed by atoms with E-state index in [0.717, 1.165) is 24.6 Å². The maximum Gasteiger partial charge on any atom is 0.181 e. The van der Waals surface area contributed by atoms with E-state index in [9.17, 15) is 0 Å². The lowest BCUT2D eigenvalue weighted by molar-refractivity contribution is 0.311. The van der Waals surface area contributed by atoms with Crippen molar-refractivity contribution in [2.75, 3.05) is 13.1 Å².